The highest BCUT2D eigenvalue weighted by atomic mass is 16.5. The van der Waals surface area contributed by atoms with Gasteiger partial charge in [0.15, 0.2) is 0 Å². The van der Waals surface area contributed by atoms with Crippen molar-refractivity contribution in [3.63, 3.8) is 0 Å². The lowest BCUT2D eigenvalue weighted by Crippen LogP contribution is -2.23. The predicted molar refractivity (Wildman–Crippen MR) is 40.8 cm³/mol. The van der Waals surface area contributed by atoms with Gasteiger partial charge in [-0.15, -0.1) is 0 Å². The van der Waals surface area contributed by atoms with Gasteiger partial charge in [0.25, 0.3) is 0 Å². The Kier molecular flexibility index (Phi) is 1.60. The van der Waals surface area contributed by atoms with Crippen LogP contribution in [0.15, 0.2) is 18.5 Å². The molecule has 0 saturated heterocycles. The zero-order chi connectivity index (χ0) is 7.68. The Bertz CT molecular complexity index is 262. The Balaban J connectivity index is 2.44. The molecule has 0 bridgehead atoms. The van der Waals surface area contributed by atoms with Crippen LogP contribution in [0.1, 0.15) is 17.2 Å². The van der Waals surface area contributed by atoms with E-state index in [4.69, 9.17) is 10.5 Å². The molecule has 2 heterocycles. The summed E-state index contributed by atoms with van der Waals surface area (Å²) in [6.07, 6.45) is 3.59. The molecule has 2 rings (SSSR count). The van der Waals surface area contributed by atoms with Crippen molar-refractivity contribution >= 4 is 0 Å². The summed E-state index contributed by atoms with van der Waals surface area (Å²) in [4.78, 5) is 4.01. The second-order valence-electron chi connectivity index (χ2n) is 2.70. The zero-order valence-corrected chi connectivity index (χ0v) is 6.16. The monoisotopic (exact) mass is 150 g/mol. The molecule has 0 fully saturated rings. The molecule has 1 aromatic rings. The molecule has 0 saturated carbocycles. The molecule has 2 N–H and O–H groups in total. The number of ether oxygens (including phenoxy) is 1. The van der Waals surface area contributed by atoms with E-state index in [0.717, 1.165) is 5.56 Å². The first-order valence-corrected chi connectivity index (χ1v) is 3.64. The molecule has 0 spiro atoms. The molecule has 58 valence electrons. The van der Waals surface area contributed by atoms with E-state index < -0.39 is 0 Å². The first kappa shape index (κ1) is 6.76. The minimum Gasteiger partial charge on any atom is -0.375 e. The predicted octanol–water partition coefficient (Wildman–Crippen LogP) is 0.612. The summed E-state index contributed by atoms with van der Waals surface area (Å²) in [5.41, 5.74) is 8.07. The minimum atomic E-state index is 0.00690. The molecule has 0 amide bonds. The Morgan fingerprint density at radius 1 is 1.64 bits per heavy atom. The number of hydrogen-bond acceptors (Lipinski definition) is 3. The lowest BCUT2D eigenvalue weighted by molar-refractivity contribution is 0.0922. The highest BCUT2D eigenvalue weighted by Gasteiger charge is 2.15. The van der Waals surface area contributed by atoms with Crippen LogP contribution in [0.25, 0.3) is 0 Å². The third-order valence-corrected chi connectivity index (χ3v) is 1.90. The highest BCUT2D eigenvalue weighted by molar-refractivity contribution is 5.27. The van der Waals surface area contributed by atoms with E-state index in [1.54, 1.807) is 6.20 Å². The fourth-order valence-corrected chi connectivity index (χ4v) is 1.29. The first-order valence-electron chi connectivity index (χ1n) is 3.64. The van der Waals surface area contributed by atoms with E-state index in [9.17, 15) is 0 Å². The van der Waals surface area contributed by atoms with Crippen LogP contribution in [0.3, 0.4) is 0 Å². The number of pyridine rings is 1. The third-order valence-electron chi connectivity index (χ3n) is 1.90. The molecule has 1 aromatic heterocycles. The number of hydrogen-bond donors (Lipinski definition) is 1. The van der Waals surface area contributed by atoms with Crippen LogP contribution in [0.5, 0.6) is 0 Å². The lowest BCUT2D eigenvalue weighted by atomic mass is 10.0. The van der Waals surface area contributed by atoms with E-state index in [-0.39, 0.29) is 6.04 Å². The molecular formula is C8H10N2O. The number of fused-ring (bicyclic) bond motifs is 1. The Morgan fingerprint density at radius 3 is 3.36 bits per heavy atom. The topological polar surface area (TPSA) is 48.1 Å². The number of nitrogens with two attached hydrogens (primary N) is 1. The van der Waals surface area contributed by atoms with Gasteiger partial charge in [-0.1, -0.05) is 0 Å². The first-order chi connectivity index (χ1) is 5.38. The van der Waals surface area contributed by atoms with Crippen molar-refractivity contribution in [1.29, 1.82) is 0 Å². The smallest absolute Gasteiger partial charge is 0.0722 e. The SMILES string of the molecule is NC1COCc2ccncc21. The third kappa shape index (κ3) is 1.13. The molecule has 0 radical (unpaired) electrons. The van der Waals surface area contributed by atoms with Gasteiger partial charge in [0.1, 0.15) is 0 Å². The Hall–Kier alpha value is -0.930. The Morgan fingerprint density at radius 2 is 2.55 bits per heavy atom. The van der Waals surface area contributed by atoms with Crippen molar-refractivity contribution in [2.45, 2.75) is 12.6 Å². The minimum absolute atomic E-state index is 0.00690. The second kappa shape index (κ2) is 2.60. The van der Waals surface area contributed by atoms with Crippen LogP contribution in [-0.4, -0.2) is 11.6 Å². The summed E-state index contributed by atoms with van der Waals surface area (Å²) in [7, 11) is 0. The van der Waals surface area contributed by atoms with Crippen LogP contribution >= 0.6 is 0 Å². The second-order valence-corrected chi connectivity index (χ2v) is 2.70. The van der Waals surface area contributed by atoms with Gasteiger partial charge in [0, 0.05) is 12.4 Å². The normalized spacial score (nSPS) is 22.8. The van der Waals surface area contributed by atoms with E-state index in [0.29, 0.717) is 13.2 Å². The number of aromatic nitrogens is 1. The fraction of sp³-hybridized carbons (Fsp3) is 0.375. The summed E-state index contributed by atoms with van der Waals surface area (Å²) in [6.45, 7) is 1.28. The zero-order valence-electron chi connectivity index (χ0n) is 6.16. The largest absolute Gasteiger partial charge is 0.375 e. The van der Waals surface area contributed by atoms with Crippen LogP contribution in [0.2, 0.25) is 0 Å². The van der Waals surface area contributed by atoms with Crippen molar-refractivity contribution in [2.75, 3.05) is 6.61 Å². The summed E-state index contributed by atoms with van der Waals surface area (Å²) < 4.78 is 5.26. The number of nitrogens with zero attached hydrogens (tertiary/aromatic N) is 1. The van der Waals surface area contributed by atoms with E-state index >= 15 is 0 Å². The standard InChI is InChI=1S/C8H10N2O/c9-8-5-11-4-6-1-2-10-3-7(6)8/h1-3,8H,4-5,9H2. The van der Waals surface area contributed by atoms with Gasteiger partial charge >= 0.3 is 0 Å². The molecule has 0 aliphatic carbocycles. The van der Waals surface area contributed by atoms with E-state index in [1.807, 2.05) is 12.3 Å². The van der Waals surface area contributed by atoms with Crippen molar-refractivity contribution in [3.8, 4) is 0 Å². The molecule has 11 heavy (non-hydrogen) atoms. The van der Waals surface area contributed by atoms with Gasteiger partial charge in [-0.05, 0) is 17.2 Å². The molecule has 0 aromatic carbocycles. The maximum Gasteiger partial charge on any atom is 0.0722 e. The molecule has 3 nitrogen and oxygen atoms in total. The van der Waals surface area contributed by atoms with Crippen molar-refractivity contribution < 1.29 is 4.74 Å². The summed E-state index contributed by atoms with van der Waals surface area (Å²) in [5, 5.41) is 0. The average Bonchev–Trinajstić information content (AvgIpc) is 2.06. The van der Waals surface area contributed by atoms with Gasteiger partial charge in [-0.2, -0.15) is 0 Å². The summed E-state index contributed by atoms with van der Waals surface area (Å²) in [6, 6.07) is 1.96. The van der Waals surface area contributed by atoms with Gasteiger partial charge in [0.2, 0.25) is 0 Å². The van der Waals surface area contributed by atoms with Gasteiger partial charge in [0.05, 0.1) is 19.3 Å². The quantitative estimate of drug-likeness (QED) is 0.589. The molecule has 1 aliphatic rings. The molecule has 1 atom stereocenters. The van der Waals surface area contributed by atoms with Crippen LogP contribution < -0.4 is 5.73 Å². The summed E-state index contributed by atoms with van der Waals surface area (Å²) in [5.74, 6) is 0. The van der Waals surface area contributed by atoms with E-state index in [2.05, 4.69) is 4.98 Å². The van der Waals surface area contributed by atoms with Crippen LogP contribution in [-0.2, 0) is 11.3 Å². The van der Waals surface area contributed by atoms with Gasteiger partial charge in [-0.3, -0.25) is 4.98 Å². The van der Waals surface area contributed by atoms with Crippen molar-refractivity contribution in [2.24, 2.45) is 5.73 Å². The van der Waals surface area contributed by atoms with E-state index in [1.165, 1.54) is 5.56 Å². The maximum atomic E-state index is 5.78. The average molecular weight is 150 g/mol. The lowest BCUT2D eigenvalue weighted by Gasteiger charge is -2.21. The van der Waals surface area contributed by atoms with Gasteiger partial charge < -0.3 is 10.5 Å². The number of rotatable bonds is 0. The van der Waals surface area contributed by atoms with Crippen LogP contribution in [0.4, 0.5) is 0 Å². The highest BCUT2D eigenvalue weighted by Crippen LogP contribution is 2.20. The van der Waals surface area contributed by atoms with Crippen molar-refractivity contribution in [3.05, 3.63) is 29.6 Å². The molecule has 1 aliphatic heterocycles. The molecular weight excluding hydrogens is 140 g/mol. The summed E-state index contributed by atoms with van der Waals surface area (Å²) >= 11 is 0. The van der Waals surface area contributed by atoms with Gasteiger partial charge in [-0.25, -0.2) is 0 Å². The Labute approximate surface area is 65.2 Å². The molecule has 1 unspecified atom stereocenters. The molecule has 3 heteroatoms. The van der Waals surface area contributed by atoms with Crippen molar-refractivity contribution in [1.82, 2.24) is 4.98 Å². The fourth-order valence-electron chi connectivity index (χ4n) is 1.29. The van der Waals surface area contributed by atoms with Crippen LogP contribution in [0, 0.1) is 0 Å². The maximum absolute atomic E-state index is 5.78.